The standard InChI is InChI=1S/C18H17N5/c1-13(2)18-17(12-19)21-22-23(18)16-5-3-14(4-6-16)11-15-7-9-20-10-8-15/h3-10,13H,11H2,1-2H3. The Labute approximate surface area is 135 Å². The third-order valence-electron chi connectivity index (χ3n) is 3.70. The quantitative estimate of drug-likeness (QED) is 0.742. The minimum atomic E-state index is 0.177. The third-order valence-corrected chi connectivity index (χ3v) is 3.70. The van der Waals surface area contributed by atoms with Crippen molar-refractivity contribution in [2.45, 2.75) is 26.2 Å². The molecular weight excluding hydrogens is 286 g/mol. The van der Waals surface area contributed by atoms with E-state index in [4.69, 9.17) is 5.26 Å². The van der Waals surface area contributed by atoms with E-state index in [1.165, 1.54) is 11.1 Å². The molecule has 0 aliphatic heterocycles. The highest BCUT2D eigenvalue weighted by molar-refractivity contribution is 5.40. The van der Waals surface area contributed by atoms with Gasteiger partial charge in [0.1, 0.15) is 6.07 Å². The first kappa shape index (κ1) is 14.9. The summed E-state index contributed by atoms with van der Waals surface area (Å²) < 4.78 is 1.75. The first-order valence-electron chi connectivity index (χ1n) is 7.53. The van der Waals surface area contributed by atoms with Crippen molar-refractivity contribution >= 4 is 0 Å². The van der Waals surface area contributed by atoms with Gasteiger partial charge in [-0.2, -0.15) is 5.26 Å². The molecule has 2 aromatic heterocycles. The molecule has 0 atom stereocenters. The van der Waals surface area contributed by atoms with Crippen molar-refractivity contribution in [3.8, 4) is 11.8 Å². The van der Waals surface area contributed by atoms with E-state index in [0.717, 1.165) is 17.8 Å². The highest BCUT2D eigenvalue weighted by Crippen LogP contribution is 2.21. The van der Waals surface area contributed by atoms with Crippen LogP contribution in [0.4, 0.5) is 0 Å². The SMILES string of the molecule is CC(C)c1c(C#N)nnn1-c1ccc(Cc2ccncc2)cc1. The van der Waals surface area contributed by atoms with Crippen molar-refractivity contribution in [1.29, 1.82) is 5.26 Å². The average molecular weight is 303 g/mol. The smallest absolute Gasteiger partial charge is 0.186 e. The molecule has 0 amide bonds. The fourth-order valence-electron chi connectivity index (χ4n) is 2.57. The van der Waals surface area contributed by atoms with Crippen LogP contribution in [0.2, 0.25) is 0 Å². The Bertz CT molecular complexity index is 826. The van der Waals surface area contributed by atoms with Crippen molar-refractivity contribution in [3.63, 3.8) is 0 Å². The zero-order valence-electron chi connectivity index (χ0n) is 13.1. The van der Waals surface area contributed by atoms with Crippen LogP contribution in [0.5, 0.6) is 0 Å². The number of hydrogen-bond acceptors (Lipinski definition) is 4. The lowest BCUT2D eigenvalue weighted by Gasteiger charge is -2.10. The van der Waals surface area contributed by atoms with E-state index in [-0.39, 0.29) is 5.92 Å². The van der Waals surface area contributed by atoms with E-state index >= 15 is 0 Å². The number of nitrogens with zero attached hydrogens (tertiary/aromatic N) is 5. The van der Waals surface area contributed by atoms with Gasteiger partial charge in [0.15, 0.2) is 5.69 Å². The predicted octanol–water partition coefficient (Wildman–Crippen LogP) is 3.25. The second kappa shape index (κ2) is 6.41. The number of pyridine rings is 1. The van der Waals surface area contributed by atoms with Crippen LogP contribution >= 0.6 is 0 Å². The zero-order valence-corrected chi connectivity index (χ0v) is 13.1. The average Bonchev–Trinajstić information content (AvgIpc) is 3.01. The molecule has 5 heteroatoms. The van der Waals surface area contributed by atoms with Gasteiger partial charge in [-0.3, -0.25) is 4.98 Å². The number of aromatic nitrogens is 4. The highest BCUT2D eigenvalue weighted by atomic mass is 15.4. The molecule has 0 aliphatic carbocycles. The lowest BCUT2D eigenvalue weighted by molar-refractivity contribution is 0.715. The van der Waals surface area contributed by atoms with Crippen LogP contribution in [0.25, 0.3) is 5.69 Å². The van der Waals surface area contributed by atoms with Crippen molar-refractivity contribution in [2.24, 2.45) is 0 Å². The Kier molecular flexibility index (Phi) is 4.15. The molecule has 3 rings (SSSR count). The molecule has 3 aromatic rings. The third kappa shape index (κ3) is 3.11. The lowest BCUT2D eigenvalue weighted by atomic mass is 10.1. The summed E-state index contributed by atoms with van der Waals surface area (Å²) in [6.45, 7) is 4.07. The Balaban J connectivity index is 1.89. The van der Waals surface area contributed by atoms with Gasteiger partial charge in [0.25, 0.3) is 0 Å². The van der Waals surface area contributed by atoms with Gasteiger partial charge in [-0.1, -0.05) is 31.2 Å². The fourth-order valence-corrected chi connectivity index (χ4v) is 2.57. The molecule has 0 unspecified atom stereocenters. The Hall–Kier alpha value is -3.00. The molecule has 0 saturated heterocycles. The summed E-state index contributed by atoms with van der Waals surface area (Å²) in [5, 5.41) is 17.3. The second-order valence-corrected chi connectivity index (χ2v) is 5.70. The minimum absolute atomic E-state index is 0.177. The Morgan fingerprint density at radius 1 is 1.04 bits per heavy atom. The van der Waals surface area contributed by atoms with Crippen LogP contribution in [-0.4, -0.2) is 20.0 Å². The molecule has 5 nitrogen and oxygen atoms in total. The maximum Gasteiger partial charge on any atom is 0.186 e. The molecular formula is C18H17N5. The highest BCUT2D eigenvalue weighted by Gasteiger charge is 2.16. The van der Waals surface area contributed by atoms with E-state index < -0.39 is 0 Å². The number of benzene rings is 1. The van der Waals surface area contributed by atoms with Gasteiger partial charge in [0, 0.05) is 12.4 Å². The summed E-state index contributed by atoms with van der Waals surface area (Å²) in [7, 11) is 0. The molecule has 0 spiro atoms. The number of rotatable bonds is 4. The van der Waals surface area contributed by atoms with Crippen LogP contribution in [0.3, 0.4) is 0 Å². The summed E-state index contributed by atoms with van der Waals surface area (Å²) in [5.74, 6) is 0.177. The summed E-state index contributed by atoms with van der Waals surface area (Å²) in [5.41, 5.74) is 4.59. The molecule has 23 heavy (non-hydrogen) atoms. The molecule has 1 aromatic carbocycles. The van der Waals surface area contributed by atoms with Crippen molar-refractivity contribution in [1.82, 2.24) is 20.0 Å². The molecule has 0 saturated carbocycles. The summed E-state index contributed by atoms with van der Waals surface area (Å²) in [6.07, 6.45) is 4.47. The predicted molar refractivity (Wildman–Crippen MR) is 87.2 cm³/mol. The van der Waals surface area contributed by atoms with Crippen LogP contribution in [-0.2, 0) is 6.42 Å². The van der Waals surface area contributed by atoms with Crippen molar-refractivity contribution < 1.29 is 0 Å². The van der Waals surface area contributed by atoms with E-state index in [9.17, 15) is 0 Å². The second-order valence-electron chi connectivity index (χ2n) is 5.70. The largest absolute Gasteiger partial charge is 0.265 e. The molecule has 0 aliphatic rings. The molecule has 0 bridgehead atoms. The molecule has 0 N–H and O–H groups in total. The van der Waals surface area contributed by atoms with Crippen LogP contribution in [0, 0.1) is 11.3 Å². The van der Waals surface area contributed by atoms with Crippen LogP contribution < -0.4 is 0 Å². The monoisotopic (exact) mass is 303 g/mol. The number of hydrogen-bond donors (Lipinski definition) is 0. The topological polar surface area (TPSA) is 67.4 Å². The number of nitriles is 1. The van der Waals surface area contributed by atoms with E-state index in [2.05, 4.69) is 33.5 Å². The van der Waals surface area contributed by atoms with Gasteiger partial charge in [-0.25, -0.2) is 4.68 Å². The minimum Gasteiger partial charge on any atom is -0.265 e. The summed E-state index contributed by atoms with van der Waals surface area (Å²) in [6, 6.07) is 14.3. The summed E-state index contributed by atoms with van der Waals surface area (Å²) in [4.78, 5) is 4.03. The maximum atomic E-state index is 9.16. The summed E-state index contributed by atoms with van der Waals surface area (Å²) >= 11 is 0. The fraction of sp³-hybridized carbons (Fsp3) is 0.222. The van der Waals surface area contributed by atoms with E-state index in [0.29, 0.717) is 5.69 Å². The Morgan fingerprint density at radius 3 is 2.30 bits per heavy atom. The van der Waals surface area contributed by atoms with Gasteiger partial charge in [0.2, 0.25) is 0 Å². The first-order valence-corrected chi connectivity index (χ1v) is 7.53. The maximum absolute atomic E-state index is 9.16. The van der Waals surface area contributed by atoms with Crippen LogP contribution in [0.1, 0.15) is 42.3 Å². The Morgan fingerprint density at radius 2 is 1.70 bits per heavy atom. The van der Waals surface area contributed by atoms with Gasteiger partial charge in [0.05, 0.1) is 11.4 Å². The normalized spacial score (nSPS) is 10.7. The molecule has 114 valence electrons. The van der Waals surface area contributed by atoms with Crippen LogP contribution in [0.15, 0.2) is 48.8 Å². The van der Waals surface area contributed by atoms with Crippen molar-refractivity contribution in [3.05, 3.63) is 71.3 Å². The van der Waals surface area contributed by atoms with Gasteiger partial charge in [-0.05, 0) is 47.7 Å². The first-order chi connectivity index (χ1) is 11.2. The molecule has 0 radical (unpaired) electrons. The van der Waals surface area contributed by atoms with Gasteiger partial charge < -0.3 is 0 Å². The molecule has 2 heterocycles. The molecule has 0 fully saturated rings. The van der Waals surface area contributed by atoms with E-state index in [1.807, 2.05) is 38.1 Å². The zero-order chi connectivity index (χ0) is 16.2. The lowest BCUT2D eigenvalue weighted by Crippen LogP contribution is -2.05. The van der Waals surface area contributed by atoms with Crippen molar-refractivity contribution in [2.75, 3.05) is 0 Å². The van der Waals surface area contributed by atoms with Gasteiger partial charge >= 0.3 is 0 Å². The van der Waals surface area contributed by atoms with Gasteiger partial charge in [-0.15, -0.1) is 5.10 Å². The van der Waals surface area contributed by atoms with E-state index in [1.54, 1.807) is 17.1 Å².